The van der Waals surface area contributed by atoms with Crippen LogP contribution in [-0.4, -0.2) is 39.5 Å². The van der Waals surface area contributed by atoms with Crippen molar-refractivity contribution in [1.82, 2.24) is 4.90 Å². The molecule has 1 saturated heterocycles. The summed E-state index contributed by atoms with van der Waals surface area (Å²) in [6, 6.07) is 0. The van der Waals surface area contributed by atoms with Crippen LogP contribution in [0, 0.1) is 0 Å². The van der Waals surface area contributed by atoms with Gasteiger partial charge in [0.2, 0.25) is 5.60 Å². The molecule has 1 aliphatic heterocycles. The van der Waals surface area contributed by atoms with Gasteiger partial charge in [0.15, 0.2) is 5.78 Å². The van der Waals surface area contributed by atoms with Gasteiger partial charge in [-0.3, -0.25) is 14.8 Å². The minimum absolute atomic E-state index is 0.00324. The molecule has 0 aromatic carbocycles. The zero-order valence-electron chi connectivity index (χ0n) is 9.53. The summed E-state index contributed by atoms with van der Waals surface area (Å²) >= 11 is 0. The van der Waals surface area contributed by atoms with E-state index in [4.69, 9.17) is 5.26 Å². The molecule has 5 heteroatoms. The van der Waals surface area contributed by atoms with Crippen molar-refractivity contribution in [2.45, 2.75) is 45.3 Å². The lowest BCUT2D eigenvalue weighted by molar-refractivity contribution is -0.300. The molecule has 1 fully saturated rings. The molecule has 0 bridgehead atoms. The van der Waals surface area contributed by atoms with Gasteiger partial charge in [-0.25, -0.2) is 4.89 Å². The number of Topliss-reactive ketones (excluding diaryl/α,β-unsaturated/α-hetero) is 1. The lowest BCUT2D eigenvalue weighted by Crippen LogP contribution is -2.49. The van der Waals surface area contributed by atoms with E-state index in [0.717, 1.165) is 0 Å². The maximum atomic E-state index is 12.0. The van der Waals surface area contributed by atoms with Crippen molar-refractivity contribution >= 4 is 11.7 Å². The Bertz CT molecular complexity index is 288. The molecule has 1 amide bonds. The van der Waals surface area contributed by atoms with Crippen molar-refractivity contribution in [3.63, 3.8) is 0 Å². The molecular weight excluding hydrogens is 198 g/mol. The Kier molecular flexibility index (Phi) is 2.89. The molecule has 0 aromatic rings. The Balaban J connectivity index is 3.08. The van der Waals surface area contributed by atoms with Crippen LogP contribution in [0.1, 0.15) is 34.1 Å². The average molecular weight is 215 g/mol. The van der Waals surface area contributed by atoms with Gasteiger partial charge >= 0.3 is 0 Å². The molecule has 1 heterocycles. The van der Waals surface area contributed by atoms with Gasteiger partial charge in [-0.1, -0.05) is 6.92 Å². The fraction of sp³-hybridized carbons (Fsp3) is 0.800. The van der Waals surface area contributed by atoms with Crippen LogP contribution in [-0.2, 0) is 14.5 Å². The first-order valence-electron chi connectivity index (χ1n) is 4.97. The smallest absolute Gasteiger partial charge is 0.266 e. The van der Waals surface area contributed by atoms with E-state index in [-0.39, 0.29) is 18.7 Å². The molecular formula is C10H17NO4. The number of hydrogen-bond donors (Lipinski definition) is 1. The Morgan fingerprint density at radius 3 is 2.20 bits per heavy atom. The standard InChI is InChI=1S/C10H17NO4/c1-5-10(15-14)7(12)6-11(8(10)13)9(2,3)4/h14H,5-6H2,1-4H3. The van der Waals surface area contributed by atoms with Crippen LogP contribution in [0.4, 0.5) is 0 Å². The number of carbonyl (C=O) groups is 2. The molecule has 1 atom stereocenters. The Labute approximate surface area is 88.9 Å². The van der Waals surface area contributed by atoms with Crippen LogP contribution in [0.3, 0.4) is 0 Å². The highest BCUT2D eigenvalue weighted by atomic mass is 17.1. The zero-order valence-corrected chi connectivity index (χ0v) is 9.53. The molecule has 86 valence electrons. The number of rotatable bonds is 2. The van der Waals surface area contributed by atoms with Crippen LogP contribution >= 0.6 is 0 Å². The predicted octanol–water partition coefficient (Wildman–Crippen LogP) is 0.835. The molecule has 1 aliphatic rings. The van der Waals surface area contributed by atoms with Gasteiger partial charge < -0.3 is 4.90 Å². The molecule has 5 nitrogen and oxygen atoms in total. The number of ketones is 1. The summed E-state index contributed by atoms with van der Waals surface area (Å²) in [5, 5.41) is 8.77. The maximum Gasteiger partial charge on any atom is 0.266 e. The molecule has 1 rings (SSSR count). The Morgan fingerprint density at radius 2 is 2.00 bits per heavy atom. The normalized spacial score (nSPS) is 27.7. The summed E-state index contributed by atoms with van der Waals surface area (Å²) in [7, 11) is 0. The second-order valence-electron chi connectivity index (χ2n) is 4.76. The summed E-state index contributed by atoms with van der Waals surface area (Å²) in [5.41, 5.74) is -2.12. The minimum atomic E-state index is -1.67. The highest BCUT2D eigenvalue weighted by Crippen LogP contribution is 2.31. The number of amides is 1. The first-order valence-corrected chi connectivity index (χ1v) is 4.97. The van der Waals surface area contributed by atoms with Gasteiger partial charge in [0.1, 0.15) is 0 Å². The summed E-state index contributed by atoms with van der Waals surface area (Å²) < 4.78 is 0. The van der Waals surface area contributed by atoms with Gasteiger partial charge in [0.05, 0.1) is 6.54 Å². The Morgan fingerprint density at radius 1 is 1.47 bits per heavy atom. The van der Waals surface area contributed by atoms with Gasteiger partial charge in [-0.2, -0.15) is 0 Å². The number of nitrogens with zero attached hydrogens (tertiary/aromatic N) is 1. The molecule has 0 aliphatic carbocycles. The van der Waals surface area contributed by atoms with E-state index >= 15 is 0 Å². The molecule has 1 N–H and O–H groups in total. The first kappa shape index (κ1) is 12.1. The van der Waals surface area contributed by atoms with Crippen molar-refractivity contribution in [3.05, 3.63) is 0 Å². The second kappa shape index (κ2) is 3.57. The number of carbonyl (C=O) groups excluding carboxylic acids is 2. The lowest BCUT2D eigenvalue weighted by Gasteiger charge is -2.32. The van der Waals surface area contributed by atoms with Gasteiger partial charge in [0.25, 0.3) is 5.91 Å². The van der Waals surface area contributed by atoms with E-state index in [1.54, 1.807) is 6.92 Å². The molecule has 0 radical (unpaired) electrons. The molecule has 0 saturated carbocycles. The van der Waals surface area contributed by atoms with E-state index < -0.39 is 17.0 Å². The third kappa shape index (κ3) is 1.66. The monoisotopic (exact) mass is 215 g/mol. The highest BCUT2D eigenvalue weighted by Gasteiger charge is 2.57. The van der Waals surface area contributed by atoms with Crippen LogP contribution in [0.5, 0.6) is 0 Å². The molecule has 0 spiro atoms. The fourth-order valence-electron chi connectivity index (χ4n) is 1.73. The second-order valence-corrected chi connectivity index (χ2v) is 4.76. The van der Waals surface area contributed by atoms with Gasteiger partial charge in [0, 0.05) is 5.54 Å². The zero-order chi connectivity index (χ0) is 11.9. The van der Waals surface area contributed by atoms with E-state index in [1.807, 2.05) is 20.8 Å². The van der Waals surface area contributed by atoms with Crippen molar-refractivity contribution in [3.8, 4) is 0 Å². The largest absolute Gasteiger partial charge is 0.327 e. The first-order chi connectivity index (χ1) is 6.79. The third-order valence-corrected chi connectivity index (χ3v) is 2.81. The van der Waals surface area contributed by atoms with Crippen LogP contribution in [0.15, 0.2) is 0 Å². The van der Waals surface area contributed by atoms with Crippen LogP contribution in [0.2, 0.25) is 0 Å². The van der Waals surface area contributed by atoms with E-state index in [0.29, 0.717) is 0 Å². The summed E-state index contributed by atoms with van der Waals surface area (Å²) in [5.74, 6) is -0.836. The third-order valence-electron chi connectivity index (χ3n) is 2.81. The van der Waals surface area contributed by atoms with Crippen molar-refractivity contribution in [2.24, 2.45) is 0 Å². The number of likely N-dealkylation sites (tertiary alicyclic amines) is 1. The Hall–Kier alpha value is -0.940. The fourth-order valence-corrected chi connectivity index (χ4v) is 1.73. The van der Waals surface area contributed by atoms with Gasteiger partial charge in [-0.15, -0.1) is 0 Å². The maximum absolute atomic E-state index is 12.0. The summed E-state index contributed by atoms with van der Waals surface area (Å²) in [6.45, 7) is 7.14. The van der Waals surface area contributed by atoms with E-state index in [1.165, 1.54) is 4.90 Å². The average Bonchev–Trinajstić information content (AvgIpc) is 2.39. The van der Waals surface area contributed by atoms with Crippen molar-refractivity contribution < 1.29 is 19.7 Å². The summed E-state index contributed by atoms with van der Waals surface area (Å²) in [4.78, 5) is 29.2. The topological polar surface area (TPSA) is 66.8 Å². The lowest BCUT2D eigenvalue weighted by atomic mass is 9.97. The minimum Gasteiger partial charge on any atom is -0.327 e. The van der Waals surface area contributed by atoms with Crippen molar-refractivity contribution in [2.75, 3.05) is 6.54 Å². The van der Waals surface area contributed by atoms with E-state index in [2.05, 4.69) is 4.89 Å². The highest BCUT2D eigenvalue weighted by molar-refractivity contribution is 6.16. The molecule has 1 unspecified atom stereocenters. The molecule has 15 heavy (non-hydrogen) atoms. The van der Waals surface area contributed by atoms with Gasteiger partial charge in [-0.05, 0) is 27.2 Å². The van der Waals surface area contributed by atoms with E-state index in [9.17, 15) is 9.59 Å². The quantitative estimate of drug-likeness (QED) is 0.421. The summed E-state index contributed by atoms with van der Waals surface area (Å²) in [6.07, 6.45) is 0.147. The van der Waals surface area contributed by atoms with Crippen LogP contribution in [0.25, 0.3) is 0 Å². The SMILES string of the molecule is CCC1(OO)C(=O)CN(C(C)(C)C)C1=O. The van der Waals surface area contributed by atoms with Crippen LogP contribution < -0.4 is 0 Å². The number of hydrogen-bond acceptors (Lipinski definition) is 4. The molecule has 0 aromatic heterocycles. The predicted molar refractivity (Wildman–Crippen MR) is 53.2 cm³/mol. The van der Waals surface area contributed by atoms with Crippen molar-refractivity contribution in [1.29, 1.82) is 0 Å².